The van der Waals surface area contributed by atoms with Crippen molar-refractivity contribution in [2.24, 2.45) is 0 Å². The van der Waals surface area contributed by atoms with Crippen molar-refractivity contribution >= 4 is 28.9 Å². The summed E-state index contributed by atoms with van der Waals surface area (Å²) in [6, 6.07) is 7.03. The number of aromatic nitrogens is 1. The SMILES string of the molecule is CNc1cc(C(F)(F)F)cc(Nc2cc(Cl)ccc2C)n1. The van der Waals surface area contributed by atoms with Crippen LogP contribution in [0.15, 0.2) is 30.3 Å². The fourth-order valence-electron chi connectivity index (χ4n) is 1.75. The third kappa shape index (κ3) is 3.78. The molecule has 0 aliphatic rings. The number of hydrogen-bond donors (Lipinski definition) is 2. The maximum Gasteiger partial charge on any atom is 0.416 e. The number of rotatable bonds is 3. The zero-order chi connectivity index (χ0) is 15.6. The van der Waals surface area contributed by atoms with Gasteiger partial charge in [0.15, 0.2) is 0 Å². The lowest BCUT2D eigenvalue weighted by Gasteiger charge is -2.14. The Morgan fingerprint density at radius 2 is 1.76 bits per heavy atom. The molecule has 21 heavy (non-hydrogen) atoms. The molecule has 3 nitrogen and oxygen atoms in total. The van der Waals surface area contributed by atoms with Gasteiger partial charge in [0.2, 0.25) is 0 Å². The van der Waals surface area contributed by atoms with Gasteiger partial charge in [0.1, 0.15) is 11.6 Å². The van der Waals surface area contributed by atoms with Crippen molar-refractivity contribution < 1.29 is 13.2 Å². The zero-order valence-electron chi connectivity index (χ0n) is 11.3. The number of halogens is 4. The van der Waals surface area contributed by atoms with Gasteiger partial charge in [-0.3, -0.25) is 0 Å². The largest absolute Gasteiger partial charge is 0.416 e. The molecule has 0 aliphatic heterocycles. The first-order valence-electron chi connectivity index (χ1n) is 6.10. The van der Waals surface area contributed by atoms with E-state index in [1.165, 1.54) is 7.05 Å². The monoisotopic (exact) mass is 315 g/mol. The van der Waals surface area contributed by atoms with Crippen LogP contribution in [0.1, 0.15) is 11.1 Å². The molecule has 0 aliphatic carbocycles. The summed E-state index contributed by atoms with van der Waals surface area (Å²) in [7, 11) is 1.51. The van der Waals surface area contributed by atoms with Crippen molar-refractivity contribution in [3.63, 3.8) is 0 Å². The Labute approximate surface area is 125 Å². The average Bonchev–Trinajstić information content (AvgIpc) is 2.41. The molecule has 2 N–H and O–H groups in total. The van der Waals surface area contributed by atoms with E-state index in [1.54, 1.807) is 18.2 Å². The smallest absolute Gasteiger partial charge is 0.373 e. The van der Waals surface area contributed by atoms with Crippen LogP contribution in [0.5, 0.6) is 0 Å². The first kappa shape index (κ1) is 15.4. The van der Waals surface area contributed by atoms with Crippen molar-refractivity contribution in [3.8, 4) is 0 Å². The van der Waals surface area contributed by atoms with Gasteiger partial charge >= 0.3 is 6.18 Å². The third-order valence-corrected chi connectivity index (χ3v) is 3.11. The fourth-order valence-corrected chi connectivity index (χ4v) is 1.93. The Balaban J connectivity index is 2.42. The third-order valence-electron chi connectivity index (χ3n) is 2.87. The van der Waals surface area contributed by atoms with Crippen molar-refractivity contribution in [1.29, 1.82) is 0 Å². The first-order valence-corrected chi connectivity index (χ1v) is 6.47. The van der Waals surface area contributed by atoms with E-state index in [1.807, 2.05) is 6.92 Å². The van der Waals surface area contributed by atoms with E-state index in [4.69, 9.17) is 11.6 Å². The van der Waals surface area contributed by atoms with Crippen molar-refractivity contribution in [2.75, 3.05) is 17.7 Å². The summed E-state index contributed by atoms with van der Waals surface area (Å²) >= 11 is 5.89. The average molecular weight is 316 g/mol. The highest BCUT2D eigenvalue weighted by molar-refractivity contribution is 6.30. The van der Waals surface area contributed by atoms with Gasteiger partial charge in [-0.2, -0.15) is 13.2 Å². The summed E-state index contributed by atoms with van der Waals surface area (Å²) in [5.41, 5.74) is 0.685. The molecule has 2 aromatic rings. The Morgan fingerprint density at radius 3 is 2.38 bits per heavy atom. The number of alkyl halides is 3. The molecule has 1 aromatic carbocycles. The predicted molar refractivity (Wildman–Crippen MR) is 78.3 cm³/mol. The number of hydrogen-bond acceptors (Lipinski definition) is 3. The normalized spacial score (nSPS) is 11.3. The number of nitrogens with one attached hydrogen (secondary N) is 2. The molecule has 0 saturated heterocycles. The van der Waals surface area contributed by atoms with Gasteiger partial charge in [-0.1, -0.05) is 17.7 Å². The number of anilines is 3. The van der Waals surface area contributed by atoms with Crippen LogP contribution in [-0.2, 0) is 6.18 Å². The molecule has 0 saturated carbocycles. The molecule has 0 atom stereocenters. The fraction of sp³-hybridized carbons (Fsp3) is 0.214. The van der Waals surface area contributed by atoms with Gasteiger partial charge in [-0.25, -0.2) is 4.98 Å². The topological polar surface area (TPSA) is 37.0 Å². The molecular formula is C14H13ClF3N3. The van der Waals surface area contributed by atoms with Gasteiger partial charge in [0, 0.05) is 17.8 Å². The molecule has 7 heteroatoms. The summed E-state index contributed by atoms with van der Waals surface area (Å²) in [5, 5.41) is 5.97. The maximum absolute atomic E-state index is 12.9. The molecule has 0 spiro atoms. The molecule has 0 amide bonds. The van der Waals surface area contributed by atoms with Gasteiger partial charge in [0.25, 0.3) is 0 Å². The van der Waals surface area contributed by atoms with E-state index in [2.05, 4.69) is 15.6 Å². The van der Waals surface area contributed by atoms with Crippen LogP contribution in [0.4, 0.5) is 30.5 Å². The lowest BCUT2D eigenvalue weighted by molar-refractivity contribution is -0.137. The molecule has 1 heterocycles. The lowest BCUT2D eigenvalue weighted by Crippen LogP contribution is -2.08. The molecule has 2 rings (SSSR count). The maximum atomic E-state index is 12.9. The van der Waals surface area contributed by atoms with E-state index < -0.39 is 11.7 Å². The summed E-state index contributed by atoms with van der Waals surface area (Å²) < 4.78 is 38.6. The van der Waals surface area contributed by atoms with Crippen molar-refractivity contribution in [1.82, 2.24) is 4.98 Å². The highest BCUT2D eigenvalue weighted by Gasteiger charge is 2.31. The second-order valence-electron chi connectivity index (χ2n) is 4.46. The second kappa shape index (κ2) is 5.81. The summed E-state index contributed by atoms with van der Waals surface area (Å²) in [4.78, 5) is 4.07. The summed E-state index contributed by atoms with van der Waals surface area (Å²) in [5.74, 6) is 0.228. The Bertz CT molecular complexity index is 656. The molecule has 0 radical (unpaired) electrons. The van der Waals surface area contributed by atoms with E-state index in [9.17, 15) is 13.2 Å². The Morgan fingerprint density at radius 1 is 1.10 bits per heavy atom. The lowest BCUT2D eigenvalue weighted by atomic mass is 10.2. The quantitative estimate of drug-likeness (QED) is 0.850. The van der Waals surface area contributed by atoms with Gasteiger partial charge < -0.3 is 10.6 Å². The minimum absolute atomic E-state index is 0.0968. The van der Waals surface area contributed by atoms with E-state index in [-0.39, 0.29) is 11.6 Å². The Kier molecular flexibility index (Phi) is 4.27. The van der Waals surface area contributed by atoms with Crippen LogP contribution in [0.3, 0.4) is 0 Å². The highest BCUT2D eigenvalue weighted by atomic mass is 35.5. The van der Waals surface area contributed by atoms with E-state index >= 15 is 0 Å². The van der Waals surface area contributed by atoms with Crippen LogP contribution in [-0.4, -0.2) is 12.0 Å². The van der Waals surface area contributed by atoms with E-state index in [0.717, 1.165) is 17.7 Å². The van der Waals surface area contributed by atoms with E-state index in [0.29, 0.717) is 10.7 Å². The van der Waals surface area contributed by atoms with Gasteiger partial charge in [-0.15, -0.1) is 0 Å². The Hall–Kier alpha value is -1.95. The van der Waals surface area contributed by atoms with Gasteiger partial charge in [0.05, 0.1) is 5.56 Å². The van der Waals surface area contributed by atoms with Crippen LogP contribution in [0.2, 0.25) is 5.02 Å². The highest BCUT2D eigenvalue weighted by Crippen LogP contribution is 2.33. The van der Waals surface area contributed by atoms with Crippen molar-refractivity contribution in [3.05, 3.63) is 46.5 Å². The molecule has 1 aromatic heterocycles. The molecule has 0 bridgehead atoms. The number of pyridine rings is 1. The van der Waals surface area contributed by atoms with Crippen LogP contribution in [0, 0.1) is 6.92 Å². The van der Waals surface area contributed by atoms with Crippen LogP contribution >= 0.6 is 11.6 Å². The number of aryl methyl sites for hydroxylation is 1. The standard InChI is InChI=1S/C14H13ClF3N3/c1-8-3-4-10(15)7-11(8)20-13-6-9(14(16,17)18)5-12(19-2)21-13/h3-7H,1-2H3,(H2,19,20,21). The zero-order valence-corrected chi connectivity index (χ0v) is 12.1. The number of nitrogens with zero attached hydrogens (tertiary/aromatic N) is 1. The molecule has 0 unspecified atom stereocenters. The molecular weight excluding hydrogens is 303 g/mol. The van der Waals surface area contributed by atoms with Crippen LogP contribution in [0.25, 0.3) is 0 Å². The summed E-state index contributed by atoms with van der Waals surface area (Å²) in [6.45, 7) is 1.82. The molecule has 0 fully saturated rings. The van der Waals surface area contributed by atoms with Crippen LogP contribution < -0.4 is 10.6 Å². The minimum Gasteiger partial charge on any atom is -0.373 e. The predicted octanol–water partition coefficient (Wildman–Crippen LogP) is 4.85. The van der Waals surface area contributed by atoms with Gasteiger partial charge in [-0.05, 0) is 36.8 Å². The first-order chi connectivity index (χ1) is 9.79. The second-order valence-corrected chi connectivity index (χ2v) is 4.89. The molecule has 112 valence electrons. The minimum atomic E-state index is -4.44. The summed E-state index contributed by atoms with van der Waals surface area (Å²) in [6.07, 6.45) is -4.44. The van der Waals surface area contributed by atoms with Crippen molar-refractivity contribution in [2.45, 2.75) is 13.1 Å². The number of benzene rings is 1.